The third-order valence-electron chi connectivity index (χ3n) is 4.81. The summed E-state index contributed by atoms with van der Waals surface area (Å²) in [6.45, 7) is 3.81. The van der Waals surface area contributed by atoms with Crippen LogP contribution in [0.25, 0.3) is 5.65 Å². The van der Waals surface area contributed by atoms with E-state index in [1.807, 2.05) is 43.5 Å². The van der Waals surface area contributed by atoms with E-state index >= 15 is 0 Å². The summed E-state index contributed by atoms with van der Waals surface area (Å²) >= 11 is 0. The molecule has 1 atom stereocenters. The monoisotopic (exact) mass is 332 g/mol. The van der Waals surface area contributed by atoms with Gasteiger partial charge in [-0.25, -0.2) is 4.98 Å². The first kappa shape index (κ1) is 15.6. The van der Waals surface area contributed by atoms with Crippen molar-refractivity contribution in [1.29, 1.82) is 5.26 Å². The van der Waals surface area contributed by atoms with Crippen LogP contribution < -0.4 is 4.90 Å². The van der Waals surface area contributed by atoms with Crippen LogP contribution in [0.1, 0.15) is 29.9 Å². The lowest BCUT2D eigenvalue weighted by atomic mass is 9.94. The van der Waals surface area contributed by atoms with Crippen molar-refractivity contribution in [3.63, 3.8) is 0 Å². The molecule has 0 radical (unpaired) electrons. The highest BCUT2D eigenvalue weighted by atomic mass is 15.2. The summed E-state index contributed by atoms with van der Waals surface area (Å²) in [4.78, 5) is 6.87. The Bertz CT molecular complexity index is 938. The molecule has 0 spiro atoms. The van der Waals surface area contributed by atoms with Crippen LogP contribution >= 0.6 is 0 Å². The van der Waals surface area contributed by atoms with Gasteiger partial charge in [0.1, 0.15) is 17.7 Å². The van der Waals surface area contributed by atoms with Gasteiger partial charge >= 0.3 is 0 Å². The van der Waals surface area contributed by atoms with E-state index in [0.717, 1.165) is 55.3 Å². The fourth-order valence-corrected chi connectivity index (χ4v) is 3.58. The van der Waals surface area contributed by atoms with Gasteiger partial charge in [-0.3, -0.25) is 4.40 Å². The molecule has 0 aromatic carbocycles. The maximum absolute atomic E-state index is 9.39. The van der Waals surface area contributed by atoms with Gasteiger partial charge in [0, 0.05) is 31.4 Å². The van der Waals surface area contributed by atoms with E-state index in [0.29, 0.717) is 11.5 Å². The highest BCUT2D eigenvalue weighted by Gasteiger charge is 2.24. The minimum Gasteiger partial charge on any atom is -0.355 e. The van der Waals surface area contributed by atoms with Crippen molar-refractivity contribution in [2.24, 2.45) is 5.92 Å². The van der Waals surface area contributed by atoms with E-state index in [-0.39, 0.29) is 0 Å². The molecule has 0 N–H and O–H groups in total. The average Bonchev–Trinajstić information content (AvgIpc) is 3.05. The lowest BCUT2D eigenvalue weighted by molar-refractivity contribution is 0.403. The number of hydrogen-bond acceptors (Lipinski definition) is 5. The summed E-state index contributed by atoms with van der Waals surface area (Å²) in [6, 6.07) is 12.0. The highest BCUT2D eigenvalue weighted by Crippen LogP contribution is 2.26. The van der Waals surface area contributed by atoms with Crippen LogP contribution in [-0.2, 0) is 6.42 Å². The van der Waals surface area contributed by atoms with Crippen LogP contribution in [0.2, 0.25) is 0 Å². The Balaban J connectivity index is 1.56. The molecule has 1 unspecified atom stereocenters. The summed E-state index contributed by atoms with van der Waals surface area (Å²) < 4.78 is 2.06. The zero-order valence-electron chi connectivity index (χ0n) is 14.3. The minimum absolute atomic E-state index is 0.482. The summed E-state index contributed by atoms with van der Waals surface area (Å²) in [6.07, 6.45) is 5.16. The molecular weight excluding hydrogens is 312 g/mol. The normalized spacial score (nSPS) is 17.6. The van der Waals surface area contributed by atoms with Gasteiger partial charge in [-0.05, 0) is 49.9 Å². The molecule has 0 aliphatic carbocycles. The Morgan fingerprint density at radius 1 is 1.24 bits per heavy atom. The number of aromatic nitrogens is 4. The SMILES string of the molecule is Cc1ccc(C#N)c(N2CCCC(Cc3nnc4ccccn34)C2)n1. The summed E-state index contributed by atoms with van der Waals surface area (Å²) in [5, 5.41) is 18.0. The topological polar surface area (TPSA) is 70.1 Å². The van der Waals surface area contributed by atoms with Gasteiger partial charge in [-0.2, -0.15) is 5.26 Å². The number of aryl methyl sites for hydroxylation is 1. The summed E-state index contributed by atoms with van der Waals surface area (Å²) in [5.41, 5.74) is 2.48. The van der Waals surface area contributed by atoms with Crippen molar-refractivity contribution in [2.75, 3.05) is 18.0 Å². The molecule has 1 fully saturated rings. The second-order valence-electron chi connectivity index (χ2n) is 6.64. The number of nitrogens with zero attached hydrogens (tertiary/aromatic N) is 6. The standard InChI is InChI=1S/C19H20N6/c1-14-7-8-16(12-20)19(21-14)24-9-4-5-15(13-24)11-18-23-22-17-6-2-3-10-25(17)18/h2-3,6-8,10,15H,4-5,9,11,13H2,1H3. The van der Waals surface area contributed by atoms with E-state index in [9.17, 15) is 5.26 Å². The number of anilines is 1. The van der Waals surface area contributed by atoms with Gasteiger partial charge in [-0.15, -0.1) is 10.2 Å². The first-order valence-electron chi connectivity index (χ1n) is 8.66. The second kappa shape index (κ2) is 6.52. The smallest absolute Gasteiger partial charge is 0.160 e. The van der Waals surface area contributed by atoms with E-state index in [4.69, 9.17) is 0 Å². The Kier molecular flexibility index (Phi) is 4.06. The number of rotatable bonds is 3. The predicted octanol–water partition coefficient (Wildman–Crippen LogP) is 2.76. The van der Waals surface area contributed by atoms with E-state index < -0.39 is 0 Å². The Hall–Kier alpha value is -2.94. The van der Waals surface area contributed by atoms with Gasteiger partial charge in [0.2, 0.25) is 0 Å². The Morgan fingerprint density at radius 2 is 2.16 bits per heavy atom. The molecule has 1 aliphatic rings. The molecule has 25 heavy (non-hydrogen) atoms. The number of piperidine rings is 1. The average molecular weight is 332 g/mol. The third-order valence-corrected chi connectivity index (χ3v) is 4.81. The summed E-state index contributed by atoms with van der Waals surface area (Å²) in [7, 11) is 0. The quantitative estimate of drug-likeness (QED) is 0.737. The third kappa shape index (κ3) is 3.05. The van der Waals surface area contributed by atoms with Crippen LogP contribution in [0.5, 0.6) is 0 Å². The zero-order chi connectivity index (χ0) is 17.2. The molecular formula is C19H20N6. The lowest BCUT2D eigenvalue weighted by Gasteiger charge is -2.34. The summed E-state index contributed by atoms with van der Waals surface area (Å²) in [5.74, 6) is 2.30. The molecule has 0 bridgehead atoms. The van der Waals surface area contributed by atoms with E-state index in [1.54, 1.807) is 0 Å². The molecule has 4 heterocycles. The lowest BCUT2D eigenvalue weighted by Crippen LogP contribution is -2.37. The van der Waals surface area contributed by atoms with Gasteiger partial charge < -0.3 is 4.90 Å². The predicted molar refractivity (Wildman–Crippen MR) is 95.3 cm³/mol. The van der Waals surface area contributed by atoms with Crippen LogP contribution in [0.3, 0.4) is 0 Å². The van der Waals surface area contributed by atoms with Gasteiger partial charge in [0.05, 0.1) is 5.56 Å². The second-order valence-corrected chi connectivity index (χ2v) is 6.64. The van der Waals surface area contributed by atoms with E-state index in [1.165, 1.54) is 0 Å². The number of pyridine rings is 2. The maximum atomic E-state index is 9.39. The van der Waals surface area contributed by atoms with Crippen molar-refractivity contribution in [1.82, 2.24) is 19.6 Å². The Labute approximate surface area is 146 Å². The van der Waals surface area contributed by atoms with Crippen molar-refractivity contribution in [2.45, 2.75) is 26.2 Å². The van der Waals surface area contributed by atoms with Gasteiger partial charge in [-0.1, -0.05) is 6.07 Å². The van der Waals surface area contributed by atoms with Crippen molar-refractivity contribution in [3.05, 3.63) is 53.6 Å². The van der Waals surface area contributed by atoms with Crippen LogP contribution in [0, 0.1) is 24.2 Å². The number of hydrogen-bond donors (Lipinski definition) is 0. The first-order chi connectivity index (χ1) is 12.2. The first-order valence-corrected chi connectivity index (χ1v) is 8.66. The molecule has 3 aromatic rings. The molecule has 1 saturated heterocycles. The van der Waals surface area contributed by atoms with Gasteiger partial charge in [0.25, 0.3) is 0 Å². The molecule has 6 heteroatoms. The van der Waals surface area contributed by atoms with Crippen molar-refractivity contribution < 1.29 is 0 Å². The zero-order valence-corrected chi connectivity index (χ0v) is 14.3. The van der Waals surface area contributed by atoms with Crippen molar-refractivity contribution >= 4 is 11.5 Å². The fraction of sp³-hybridized carbons (Fsp3) is 0.368. The fourth-order valence-electron chi connectivity index (χ4n) is 3.58. The molecule has 6 nitrogen and oxygen atoms in total. The van der Waals surface area contributed by atoms with Crippen LogP contribution in [-0.4, -0.2) is 32.7 Å². The molecule has 0 amide bonds. The molecule has 126 valence electrons. The van der Waals surface area contributed by atoms with Crippen LogP contribution in [0.15, 0.2) is 36.5 Å². The number of nitriles is 1. The molecule has 0 saturated carbocycles. The molecule has 3 aromatic heterocycles. The van der Waals surface area contributed by atoms with Gasteiger partial charge in [0.15, 0.2) is 5.65 Å². The maximum Gasteiger partial charge on any atom is 0.160 e. The number of fused-ring (bicyclic) bond motifs is 1. The largest absolute Gasteiger partial charge is 0.355 e. The van der Waals surface area contributed by atoms with Crippen LogP contribution in [0.4, 0.5) is 5.82 Å². The Morgan fingerprint density at radius 3 is 3.04 bits per heavy atom. The minimum atomic E-state index is 0.482. The molecule has 1 aliphatic heterocycles. The molecule has 4 rings (SSSR count). The van der Waals surface area contributed by atoms with Crippen molar-refractivity contribution in [3.8, 4) is 6.07 Å². The van der Waals surface area contributed by atoms with E-state index in [2.05, 4.69) is 30.6 Å². The highest BCUT2D eigenvalue weighted by molar-refractivity contribution is 5.54.